The van der Waals surface area contributed by atoms with Crippen LogP contribution in [0.25, 0.3) is 5.82 Å². The van der Waals surface area contributed by atoms with Crippen molar-refractivity contribution >= 4 is 5.91 Å². The van der Waals surface area contributed by atoms with Gasteiger partial charge in [-0.2, -0.15) is 5.10 Å². The molecule has 0 spiro atoms. The fraction of sp³-hybridized carbons (Fsp3) is 0.222. The van der Waals surface area contributed by atoms with Crippen LogP contribution in [0, 0.1) is 5.82 Å². The average molecular weight is 355 g/mol. The number of carbonyl (C=O) groups excluding carboxylic acids is 1. The zero-order chi connectivity index (χ0) is 18.5. The number of nitrogens with one attached hydrogen (secondary N) is 1. The van der Waals surface area contributed by atoms with E-state index in [1.54, 1.807) is 35.0 Å². The highest BCUT2D eigenvalue weighted by molar-refractivity contribution is 5.95. The van der Waals surface area contributed by atoms with Gasteiger partial charge in [-0.15, -0.1) is 10.2 Å². The second-order valence-corrected chi connectivity index (χ2v) is 5.48. The molecule has 0 unspecified atom stereocenters. The van der Waals surface area contributed by atoms with Gasteiger partial charge >= 0.3 is 0 Å². The number of benzene rings is 1. The summed E-state index contributed by atoms with van der Waals surface area (Å²) in [6.45, 7) is 2.01. The first-order chi connectivity index (χ1) is 12.6. The highest BCUT2D eigenvalue weighted by Crippen LogP contribution is 2.16. The van der Waals surface area contributed by atoms with E-state index < -0.39 is 0 Å². The largest absolute Gasteiger partial charge is 0.480 e. The van der Waals surface area contributed by atoms with Crippen molar-refractivity contribution < 1.29 is 13.9 Å². The van der Waals surface area contributed by atoms with Crippen molar-refractivity contribution in [2.45, 2.75) is 19.9 Å². The molecule has 3 aromatic rings. The molecule has 2 aromatic heterocycles. The summed E-state index contributed by atoms with van der Waals surface area (Å²) >= 11 is 0. The van der Waals surface area contributed by atoms with Crippen LogP contribution in [0.2, 0.25) is 0 Å². The summed E-state index contributed by atoms with van der Waals surface area (Å²) in [4.78, 5) is 12.5. The summed E-state index contributed by atoms with van der Waals surface area (Å²) in [5.74, 6) is 0.197. The SMILES string of the molecule is CCc1c(C(=O)NCc2ccccc2F)cnn1-c1ccc(OC)nn1. The second-order valence-electron chi connectivity index (χ2n) is 5.48. The topological polar surface area (TPSA) is 81.9 Å². The van der Waals surface area contributed by atoms with Crippen LogP contribution < -0.4 is 10.1 Å². The summed E-state index contributed by atoms with van der Waals surface area (Å²) in [6, 6.07) is 9.70. The molecule has 3 rings (SSSR count). The predicted molar refractivity (Wildman–Crippen MR) is 92.7 cm³/mol. The lowest BCUT2D eigenvalue weighted by Gasteiger charge is -2.08. The molecule has 134 valence electrons. The van der Waals surface area contributed by atoms with Crippen molar-refractivity contribution in [2.24, 2.45) is 0 Å². The second kappa shape index (κ2) is 7.73. The lowest BCUT2D eigenvalue weighted by molar-refractivity contribution is 0.0949. The maximum absolute atomic E-state index is 13.7. The van der Waals surface area contributed by atoms with Gasteiger partial charge in [0.15, 0.2) is 5.82 Å². The first kappa shape index (κ1) is 17.5. The molecule has 0 aliphatic rings. The highest BCUT2D eigenvalue weighted by atomic mass is 19.1. The number of rotatable bonds is 6. The van der Waals surface area contributed by atoms with Crippen molar-refractivity contribution in [3.8, 4) is 11.7 Å². The van der Waals surface area contributed by atoms with Crippen LogP contribution in [0.4, 0.5) is 4.39 Å². The molecule has 0 fully saturated rings. The monoisotopic (exact) mass is 355 g/mol. The van der Waals surface area contributed by atoms with Crippen LogP contribution in [-0.2, 0) is 13.0 Å². The summed E-state index contributed by atoms with van der Waals surface area (Å²) in [5, 5.41) is 14.9. The first-order valence-corrected chi connectivity index (χ1v) is 8.10. The number of carbonyl (C=O) groups is 1. The number of hydrogen-bond donors (Lipinski definition) is 1. The minimum Gasteiger partial charge on any atom is -0.480 e. The normalized spacial score (nSPS) is 10.6. The number of nitrogens with zero attached hydrogens (tertiary/aromatic N) is 4. The van der Waals surface area contributed by atoms with Gasteiger partial charge in [-0.05, 0) is 18.6 Å². The Morgan fingerprint density at radius 3 is 2.69 bits per heavy atom. The van der Waals surface area contributed by atoms with E-state index in [2.05, 4.69) is 20.6 Å². The van der Waals surface area contributed by atoms with E-state index in [0.717, 1.165) is 0 Å². The molecule has 2 heterocycles. The van der Waals surface area contributed by atoms with E-state index in [-0.39, 0.29) is 18.3 Å². The molecule has 0 aliphatic carbocycles. The molecule has 0 saturated heterocycles. The molecule has 1 aromatic carbocycles. The van der Waals surface area contributed by atoms with Crippen molar-refractivity contribution in [2.75, 3.05) is 7.11 Å². The molecule has 0 radical (unpaired) electrons. The lowest BCUT2D eigenvalue weighted by atomic mass is 10.1. The minimum absolute atomic E-state index is 0.0994. The summed E-state index contributed by atoms with van der Waals surface area (Å²) in [6.07, 6.45) is 2.04. The Kier molecular flexibility index (Phi) is 5.21. The standard InChI is InChI=1S/C18H18FN5O2/c1-3-15-13(18(25)20-10-12-6-4-5-7-14(12)19)11-21-24(15)16-8-9-17(26-2)23-22-16/h4-9,11H,3,10H2,1-2H3,(H,20,25). The molecular weight excluding hydrogens is 337 g/mol. The van der Waals surface area contributed by atoms with Crippen LogP contribution in [0.1, 0.15) is 28.5 Å². The quantitative estimate of drug-likeness (QED) is 0.734. The van der Waals surface area contributed by atoms with Crippen molar-refractivity contribution in [3.63, 3.8) is 0 Å². The molecule has 1 N–H and O–H groups in total. The van der Waals surface area contributed by atoms with Gasteiger partial charge in [0.25, 0.3) is 5.91 Å². The number of hydrogen-bond acceptors (Lipinski definition) is 5. The molecule has 7 nitrogen and oxygen atoms in total. The summed E-state index contributed by atoms with van der Waals surface area (Å²) < 4.78 is 20.2. The first-order valence-electron chi connectivity index (χ1n) is 8.10. The maximum atomic E-state index is 13.7. The summed E-state index contributed by atoms with van der Waals surface area (Å²) in [5.41, 5.74) is 1.53. The smallest absolute Gasteiger partial charge is 0.255 e. The minimum atomic E-state index is -0.354. The molecule has 0 atom stereocenters. The van der Waals surface area contributed by atoms with Crippen LogP contribution in [0.15, 0.2) is 42.6 Å². The van der Waals surface area contributed by atoms with E-state index in [4.69, 9.17) is 4.74 Å². The van der Waals surface area contributed by atoms with Gasteiger partial charge in [0, 0.05) is 18.2 Å². The number of amides is 1. The van der Waals surface area contributed by atoms with E-state index in [1.807, 2.05) is 6.92 Å². The molecule has 0 aliphatic heterocycles. The molecule has 26 heavy (non-hydrogen) atoms. The van der Waals surface area contributed by atoms with Crippen LogP contribution in [0.3, 0.4) is 0 Å². The Labute approximate surface area is 149 Å². The Morgan fingerprint density at radius 2 is 2.04 bits per heavy atom. The van der Waals surface area contributed by atoms with Crippen molar-refractivity contribution in [3.05, 3.63) is 65.2 Å². The Morgan fingerprint density at radius 1 is 1.23 bits per heavy atom. The Hall–Kier alpha value is -3.29. The van der Waals surface area contributed by atoms with Gasteiger partial charge in [0.1, 0.15) is 5.82 Å². The van der Waals surface area contributed by atoms with Gasteiger partial charge in [0.05, 0.1) is 24.6 Å². The predicted octanol–water partition coefficient (Wildman–Crippen LogP) is 2.30. The highest BCUT2D eigenvalue weighted by Gasteiger charge is 2.18. The average Bonchev–Trinajstić information content (AvgIpc) is 3.11. The fourth-order valence-corrected chi connectivity index (χ4v) is 2.55. The molecule has 0 saturated carbocycles. The summed E-state index contributed by atoms with van der Waals surface area (Å²) in [7, 11) is 1.51. The zero-order valence-electron chi connectivity index (χ0n) is 14.4. The molecular formula is C18H18FN5O2. The number of ether oxygens (including phenoxy) is 1. The van der Waals surface area contributed by atoms with Gasteiger partial charge in [0.2, 0.25) is 5.88 Å². The van der Waals surface area contributed by atoms with Crippen molar-refractivity contribution in [1.82, 2.24) is 25.3 Å². The van der Waals surface area contributed by atoms with Gasteiger partial charge < -0.3 is 10.1 Å². The zero-order valence-corrected chi connectivity index (χ0v) is 14.4. The van der Waals surface area contributed by atoms with Crippen LogP contribution in [0.5, 0.6) is 5.88 Å². The van der Waals surface area contributed by atoms with Gasteiger partial charge in [-0.3, -0.25) is 4.79 Å². The third-order valence-corrected chi connectivity index (χ3v) is 3.90. The molecule has 8 heteroatoms. The third kappa shape index (κ3) is 3.53. The van der Waals surface area contributed by atoms with E-state index in [9.17, 15) is 9.18 Å². The number of aromatic nitrogens is 4. The van der Waals surface area contributed by atoms with Crippen LogP contribution >= 0.6 is 0 Å². The van der Waals surface area contributed by atoms with E-state index in [1.165, 1.54) is 19.4 Å². The van der Waals surface area contributed by atoms with Crippen LogP contribution in [-0.4, -0.2) is 33.0 Å². The Balaban J connectivity index is 1.80. The number of methoxy groups -OCH3 is 1. The van der Waals surface area contributed by atoms with Gasteiger partial charge in [-0.25, -0.2) is 9.07 Å². The maximum Gasteiger partial charge on any atom is 0.255 e. The molecule has 0 bridgehead atoms. The van der Waals surface area contributed by atoms with E-state index >= 15 is 0 Å². The van der Waals surface area contributed by atoms with E-state index in [0.29, 0.717) is 34.9 Å². The van der Waals surface area contributed by atoms with Crippen molar-refractivity contribution in [1.29, 1.82) is 0 Å². The fourth-order valence-electron chi connectivity index (χ4n) is 2.55. The molecule has 1 amide bonds. The Bertz CT molecular complexity index is 908. The van der Waals surface area contributed by atoms with Gasteiger partial charge in [-0.1, -0.05) is 25.1 Å². The third-order valence-electron chi connectivity index (χ3n) is 3.90. The lowest BCUT2D eigenvalue weighted by Crippen LogP contribution is -2.24. The number of halogens is 1.